The van der Waals surface area contributed by atoms with Gasteiger partial charge in [-0.15, -0.1) is 0 Å². The predicted octanol–water partition coefficient (Wildman–Crippen LogP) is 5.70. The molecule has 0 amide bonds. The molecule has 0 fully saturated rings. The maximum Gasteiger partial charge on any atom is 0.162 e. The first-order valence-electron chi connectivity index (χ1n) is 7.38. The summed E-state index contributed by atoms with van der Waals surface area (Å²) in [5, 5.41) is 0. The molecule has 0 bridgehead atoms. The smallest absolute Gasteiger partial charge is 0.162 e. The number of ether oxygens (including phenoxy) is 1. The van der Waals surface area contributed by atoms with E-state index in [1.165, 1.54) is 7.11 Å². The van der Waals surface area contributed by atoms with Crippen LogP contribution in [0.5, 0.6) is 0 Å². The van der Waals surface area contributed by atoms with Gasteiger partial charge in [0.25, 0.3) is 0 Å². The Bertz CT molecular complexity index is 350. The normalized spacial score (nSPS) is 19.7. The minimum absolute atomic E-state index is 0.456. The van der Waals surface area contributed by atoms with Gasteiger partial charge in [0.2, 0.25) is 0 Å². The highest BCUT2D eigenvalue weighted by Crippen LogP contribution is 2.40. The van der Waals surface area contributed by atoms with Crippen molar-refractivity contribution in [1.29, 1.82) is 0 Å². The summed E-state index contributed by atoms with van der Waals surface area (Å²) in [6, 6.07) is 0. The third kappa shape index (κ3) is 5.61. The van der Waals surface area contributed by atoms with Crippen molar-refractivity contribution in [3.8, 4) is 0 Å². The Balaban J connectivity index is 5.19. The average Bonchev–Trinajstić information content (AvgIpc) is 2.41. The molecule has 0 aliphatic rings. The van der Waals surface area contributed by atoms with Crippen molar-refractivity contribution in [3.05, 3.63) is 11.7 Å². The molecule has 0 rings (SSSR count). The highest BCUT2D eigenvalue weighted by atomic mass is 19.2. The molecule has 0 aromatic heterocycles. The van der Waals surface area contributed by atoms with E-state index in [0.29, 0.717) is 6.42 Å². The Morgan fingerprint density at radius 1 is 1.19 bits per heavy atom. The van der Waals surface area contributed by atoms with Crippen molar-refractivity contribution in [2.45, 2.75) is 65.7 Å². The Hall–Kier alpha value is -0.580. The summed E-state index contributed by atoms with van der Waals surface area (Å²) < 4.78 is 61.2. The highest BCUT2D eigenvalue weighted by Gasteiger charge is 2.42. The van der Waals surface area contributed by atoms with Crippen LogP contribution in [0.4, 0.5) is 17.6 Å². The summed E-state index contributed by atoms with van der Waals surface area (Å²) in [4.78, 5) is 0. The lowest BCUT2D eigenvalue weighted by atomic mass is 9.82. The molecule has 0 heterocycles. The summed E-state index contributed by atoms with van der Waals surface area (Å²) in [5.41, 5.74) is -3.37. The molecule has 0 aromatic rings. The van der Waals surface area contributed by atoms with Gasteiger partial charge in [-0.2, -0.15) is 0 Å². The Kier molecular flexibility index (Phi) is 7.93. The molecule has 0 saturated carbocycles. The van der Waals surface area contributed by atoms with E-state index in [2.05, 4.69) is 4.74 Å². The van der Waals surface area contributed by atoms with Crippen molar-refractivity contribution < 1.29 is 22.3 Å². The average molecular weight is 312 g/mol. The summed E-state index contributed by atoms with van der Waals surface area (Å²) >= 11 is 0. The second-order valence-electron chi connectivity index (χ2n) is 6.55. The SMILES string of the molecule is CCCCC(C)(C)/C(F)=C(/F)[C@@H](C)[C@H](F)[C@](C)(F)COC. The van der Waals surface area contributed by atoms with Crippen LogP contribution in [0, 0.1) is 11.3 Å². The lowest BCUT2D eigenvalue weighted by Crippen LogP contribution is -2.40. The van der Waals surface area contributed by atoms with Crippen molar-refractivity contribution in [2.24, 2.45) is 11.3 Å². The second kappa shape index (κ2) is 8.16. The zero-order valence-corrected chi connectivity index (χ0v) is 13.9. The number of rotatable bonds is 9. The largest absolute Gasteiger partial charge is 0.381 e. The molecule has 0 aliphatic heterocycles. The number of hydrogen-bond donors (Lipinski definition) is 0. The fraction of sp³-hybridized carbons (Fsp3) is 0.875. The van der Waals surface area contributed by atoms with E-state index < -0.39 is 41.4 Å². The standard InChI is InChI=1S/C16H28F4O/c1-7-8-9-15(3,4)14(19)12(17)11(2)13(18)16(5,20)10-21-6/h11,13H,7-10H2,1-6H3/b14-12-/t11-,13+,16-/m1/s1. The van der Waals surface area contributed by atoms with Crippen LogP contribution < -0.4 is 0 Å². The van der Waals surface area contributed by atoms with Crippen LogP contribution in [-0.4, -0.2) is 25.6 Å². The van der Waals surface area contributed by atoms with Crippen LogP contribution in [0.1, 0.15) is 53.9 Å². The van der Waals surface area contributed by atoms with Gasteiger partial charge < -0.3 is 4.74 Å². The number of hydrogen-bond acceptors (Lipinski definition) is 1. The maximum atomic E-state index is 14.3. The van der Waals surface area contributed by atoms with Crippen molar-refractivity contribution in [1.82, 2.24) is 0 Å². The van der Waals surface area contributed by atoms with Gasteiger partial charge in [-0.25, -0.2) is 17.6 Å². The number of halogens is 4. The highest BCUT2D eigenvalue weighted by molar-refractivity contribution is 5.13. The lowest BCUT2D eigenvalue weighted by molar-refractivity contribution is -0.0251. The van der Waals surface area contributed by atoms with Crippen molar-refractivity contribution >= 4 is 0 Å². The van der Waals surface area contributed by atoms with Crippen LogP contribution in [0.3, 0.4) is 0 Å². The van der Waals surface area contributed by atoms with E-state index >= 15 is 0 Å². The predicted molar refractivity (Wildman–Crippen MR) is 78.0 cm³/mol. The molecule has 0 aromatic carbocycles. The number of unbranched alkanes of at least 4 members (excludes halogenated alkanes) is 1. The van der Waals surface area contributed by atoms with Crippen LogP contribution in [-0.2, 0) is 4.74 Å². The van der Waals surface area contributed by atoms with E-state index in [9.17, 15) is 17.6 Å². The lowest BCUT2D eigenvalue weighted by Gasteiger charge is -2.30. The molecule has 0 aliphatic carbocycles. The first kappa shape index (κ1) is 20.4. The molecule has 3 atom stereocenters. The van der Waals surface area contributed by atoms with Gasteiger partial charge in [0, 0.05) is 18.4 Å². The van der Waals surface area contributed by atoms with E-state index in [0.717, 1.165) is 26.7 Å². The molecule has 0 spiro atoms. The van der Waals surface area contributed by atoms with E-state index in [4.69, 9.17) is 0 Å². The van der Waals surface area contributed by atoms with Crippen molar-refractivity contribution in [2.75, 3.05) is 13.7 Å². The quantitative estimate of drug-likeness (QED) is 0.496. The molecule has 1 nitrogen and oxygen atoms in total. The van der Waals surface area contributed by atoms with Gasteiger partial charge in [-0.1, -0.05) is 40.5 Å². The monoisotopic (exact) mass is 312 g/mol. The van der Waals surface area contributed by atoms with Crippen LogP contribution in [0.2, 0.25) is 0 Å². The molecule has 0 radical (unpaired) electrons. The third-order valence-electron chi connectivity index (χ3n) is 3.80. The zero-order valence-electron chi connectivity index (χ0n) is 13.9. The third-order valence-corrected chi connectivity index (χ3v) is 3.80. The number of alkyl halides is 2. The number of allylic oxidation sites excluding steroid dienone is 2. The van der Waals surface area contributed by atoms with E-state index in [-0.39, 0.29) is 0 Å². The molecule has 0 saturated heterocycles. The van der Waals surface area contributed by atoms with Crippen molar-refractivity contribution in [3.63, 3.8) is 0 Å². The number of methoxy groups -OCH3 is 1. The Labute approximate surface area is 125 Å². The van der Waals surface area contributed by atoms with Gasteiger partial charge in [0.15, 0.2) is 5.67 Å². The molecule has 21 heavy (non-hydrogen) atoms. The molecule has 0 unspecified atom stereocenters. The van der Waals surface area contributed by atoms with E-state index in [1.54, 1.807) is 13.8 Å². The summed E-state index contributed by atoms with van der Waals surface area (Å²) in [5.74, 6) is -3.68. The fourth-order valence-electron chi connectivity index (χ4n) is 2.26. The van der Waals surface area contributed by atoms with Crippen LogP contribution >= 0.6 is 0 Å². The minimum Gasteiger partial charge on any atom is -0.381 e. The maximum absolute atomic E-state index is 14.3. The summed E-state index contributed by atoms with van der Waals surface area (Å²) in [6.45, 7) is 6.73. The van der Waals surface area contributed by atoms with Gasteiger partial charge in [0.1, 0.15) is 17.8 Å². The molecule has 126 valence electrons. The van der Waals surface area contributed by atoms with Gasteiger partial charge in [-0.3, -0.25) is 0 Å². The summed E-state index contributed by atoms with van der Waals surface area (Å²) in [6.07, 6.45) is -0.121. The Morgan fingerprint density at radius 2 is 1.71 bits per heavy atom. The second-order valence-corrected chi connectivity index (χ2v) is 6.55. The summed E-state index contributed by atoms with van der Waals surface area (Å²) in [7, 11) is 1.23. The van der Waals surface area contributed by atoms with Crippen LogP contribution in [0.25, 0.3) is 0 Å². The van der Waals surface area contributed by atoms with Gasteiger partial charge >= 0.3 is 0 Å². The first-order chi connectivity index (χ1) is 9.51. The fourth-order valence-corrected chi connectivity index (χ4v) is 2.26. The van der Waals surface area contributed by atoms with Gasteiger partial charge in [0.05, 0.1) is 6.61 Å². The molecule has 0 N–H and O–H groups in total. The van der Waals surface area contributed by atoms with Gasteiger partial charge in [-0.05, 0) is 13.3 Å². The molecular formula is C16H28F4O. The minimum atomic E-state index is -2.36. The Morgan fingerprint density at radius 3 is 2.14 bits per heavy atom. The zero-order chi connectivity index (χ0) is 16.8. The molecule has 5 heteroatoms. The van der Waals surface area contributed by atoms with E-state index in [1.807, 2.05) is 6.92 Å². The first-order valence-corrected chi connectivity index (χ1v) is 7.38. The van der Waals surface area contributed by atoms with Crippen LogP contribution in [0.15, 0.2) is 11.7 Å². The topological polar surface area (TPSA) is 9.23 Å². The molecular weight excluding hydrogens is 284 g/mol.